The fourth-order valence-electron chi connectivity index (χ4n) is 2.80. The minimum absolute atomic E-state index is 0.0475. The molecule has 5 nitrogen and oxygen atoms in total. The second-order valence-electron chi connectivity index (χ2n) is 6.07. The van der Waals surface area contributed by atoms with Crippen LogP contribution in [0.3, 0.4) is 0 Å². The molecule has 0 bridgehead atoms. The highest BCUT2D eigenvalue weighted by atomic mass is 35.5. The molecule has 0 aliphatic carbocycles. The van der Waals surface area contributed by atoms with Crippen molar-refractivity contribution >= 4 is 23.3 Å². The Hall–Kier alpha value is -2.01. The van der Waals surface area contributed by atoms with Crippen molar-refractivity contribution in [1.29, 1.82) is 0 Å². The summed E-state index contributed by atoms with van der Waals surface area (Å²) in [5, 5.41) is 7.56. The summed E-state index contributed by atoms with van der Waals surface area (Å²) in [6.45, 7) is 4.81. The number of hydrogen-bond donors (Lipinski definition) is 1. The van der Waals surface area contributed by atoms with Gasteiger partial charge in [0.25, 0.3) is 0 Å². The van der Waals surface area contributed by atoms with Crippen molar-refractivity contribution in [1.82, 2.24) is 10.1 Å². The first-order chi connectivity index (χ1) is 11.1. The van der Waals surface area contributed by atoms with Gasteiger partial charge in [-0.25, -0.2) is 4.79 Å². The van der Waals surface area contributed by atoms with E-state index in [0.717, 1.165) is 24.3 Å². The van der Waals surface area contributed by atoms with Gasteiger partial charge in [0.1, 0.15) is 11.5 Å². The molecular formula is C17H20ClN3O2. The van der Waals surface area contributed by atoms with Crippen LogP contribution in [-0.2, 0) is 0 Å². The lowest BCUT2D eigenvalue weighted by atomic mass is 10.1. The minimum atomic E-state index is -0.158. The first-order valence-electron chi connectivity index (χ1n) is 7.85. The van der Waals surface area contributed by atoms with Crippen molar-refractivity contribution in [3.05, 3.63) is 46.8 Å². The van der Waals surface area contributed by atoms with Gasteiger partial charge in [-0.1, -0.05) is 42.7 Å². The van der Waals surface area contributed by atoms with Gasteiger partial charge in [-0.05, 0) is 25.0 Å². The van der Waals surface area contributed by atoms with E-state index in [4.69, 9.17) is 16.1 Å². The highest BCUT2D eigenvalue weighted by molar-refractivity contribution is 6.33. The van der Waals surface area contributed by atoms with Crippen LogP contribution in [0, 0.1) is 0 Å². The Bertz CT molecular complexity index is 699. The number of nitrogens with one attached hydrogen (secondary N) is 1. The molecule has 1 aliphatic rings. The van der Waals surface area contributed by atoms with Crippen molar-refractivity contribution in [2.45, 2.75) is 38.6 Å². The lowest BCUT2D eigenvalue weighted by Crippen LogP contribution is -2.34. The van der Waals surface area contributed by atoms with E-state index in [-0.39, 0.29) is 18.0 Å². The summed E-state index contributed by atoms with van der Waals surface area (Å²) < 4.78 is 5.37. The van der Waals surface area contributed by atoms with Crippen LogP contribution in [0.15, 0.2) is 34.9 Å². The zero-order valence-electron chi connectivity index (χ0n) is 13.3. The van der Waals surface area contributed by atoms with Gasteiger partial charge < -0.3 is 14.7 Å². The summed E-state index contributed by atoms with van der Waals surface area (Å²) >= 11 is 6.11. The van der Waals surface area contributed by atoms with Gasteiger partial charge in [-0.15, -0.1) is 0 Å². The van der Waals surface area contributed by atoms with Gasteiger partial charge in [0, 0.05) is 18.5 Å². The molecular weight excluding hydrogens is 314 g/mol. The van der Waals surface area contributed by atoms with E-state index in [1.807, 2.05) is 18.2 Å². The molecule has 1 unspecified atom stereocenters. The molecule has 2 amide bonds. The molecule has 0 radical (unpaired) electrons. The summed E-state index contributed by atoms with van der Waals surface area (Å²) in [5.74, 6) is 1.13. The third-order valence-corrected chi connectivity index (χ3v) is 4.42. The average molecular weight is 334 g/mol. The molecule has 122 valence electrons. The van der Waals surface area contributed by atoms with Crippen molar-refractivity contribution in [2.75, 3.05) is 11.9 Å². The predicted molar refractivity (Wildman–Crippen MR) is 89.7 cm³/mol. The molecule has 0 saturated carbocycles. The van der Waals surface area contributed by atoms with Gasteiger partial charge >= 0.3 is 6.03 Å². The highest BCUT2D eigenvalue weighted by Crippen LogP contribution is 2.33. The first-order valence-corrected chi connectivity index (χ1v) is 8.22. The molecule has 1 aromatic carbocycles. The molecule has 2 heterocycles. The molecule has 0 spiro atoms. The summed E-state index contributed by atoms with van der Waals surface area (Å²) in [5.41, 5.74) is 1.44. The lowest BCUT2D eigenvalue weighted by Gasteiger charge is -2.23. The van der Waals surface area contributed by atoms with E-state index in [9.17, 15) is 4.79 Å². The van der Waals surface area contributed by atoms with Crippen LogP contribution in [0.1, 0.15) is 50.1 Å². The molecule has 1 saturated heterocycles. The maximum atomic E-state index is 12.6. The molecule has 1 N–H and O–H groups in total. The predicted octanol–water partition coefficient (Wildman–Crippen LogP) is 4.82. The van der Waals surface area contributed by atoms with E-state index in [2.05, 4.69) is 24.3 Å². The number of aromatic nitrogens is 1. The van der Waals surface area contributed by atoms with Crippen LogP contribution < -0.4 is 5.32 Å². The van der Waals surface area contributed by atoms with Gasteiger partial charge in [-0.2, -0.15) is 0 Å². The SMILES string of the molecule is CC(C)c1cc(C2CCCN2C(=O)Nc2ccccc2Cl)no1. The van der Waals surface area contributed by atoms with E-state index in [0.29, 0.717) is 17.3 Å². The highest BCUT2D eigenvalue weighted by Gasteiger charge is 2.32. The lowest BCUT2D eigenvalue weighted by molar-refractivity contribution is 0.204. The number of amides is 2. The summed E-state index contributed by atoms with van der Waals surface area (Å²) in [6.07, 6.45) is 1.84. The number of rotatable bonds is 3. The number of carbonyl (C=O) groups is 1. The molecule has 3 rings (SSSR count). The molecule has 6 heteroatoms. The Labute approximate surface area is 140 Å². The number of nitrogens with zero attached hydrogens (tertiary/aromatic N) is 2. The number of para-hydroxylation sites is 1. The second-order valence-corrected chi connectivity index (χ2v) is 6.48. The summed E-state index contributed by atoms with van der Waals surface area (Å²) in [4.78, 5) is 14.4. The van der Waals surface area contributed by atoms with Crippen molar-refractivity contribution in [3.8, 4) is 0 Å². The van der Waals surface area contributed by atoms with Crippen LogP contribution in [0.4, 0.5) is 10.5 Å². The topological polar surface area (TPSA) is 58.4 Å². The quantitative estimate of drug-likeness (QED) is 0.876. The average Bonchev–Trinajstić information content (AvgIpc) is 3.17. The van der Waals surface area contributed by atoms with E-state index in [1.54, 1.807) is 17.0 Å². The van der Waals surface area contributed by atoms with Crippen LogP contribution in [-0.4, -0.2) is 22.6 Å². The second kappa shape index (κ2) is 6.62. The maximum absolute atomic E-state index is 12.6. The maximum Gasteiger partial charge on any atom is 0.322 e. The fraction of sp³-hybridized carbons (Fsp3) is 0.412. The monoisotopic (exact) mass is 333 g/mol. The standard InChI is InChI=1S/C17H20ClN3O2/c1-11(2)16-10-14(20-23-16)15-8-5-9-21(15)17(22)19-13-7-4-3-6-12(13)18/h3-4,6-7,10-11,15H,5,8-9H2,1-2H3,(H,19,22). The number of likely N-dealkylation sites (tertiary alicyclic amines) is 1. The van der Waals surface area contributed by atoms with Crippen molar-refractivity contribution in [3.63, 3.8) is 0 Å². The Morgan fingerprint density at radius 2 is 2.22 bits per heavy atom. The molecule has 1 atom stereocenters. The van der Waals surface area contributed by atoms with Crippen LogP contribution in [0.25, 0.3) is 0 Å². The molecule has 1 fully saturated rings. The largest absolute Gasteiger partial charge is 0.361 e. The van der Waals surface area contributed by atoms with Crippen LogP contribution >= 0.6 is 11.6 Å². The Kier molecular flexibility index (Phi) is 4.57. The molecule has 1 aromatic heterocycles. The zero-order chi connectivity index (χ0) is 16.4. The van der Waals surface area contributed by atoms with Gasteiger partial charge in [0.2, 0.25) is 0 Å². The van der Waals surface area contributed by atoms with Gasteiger partial charge in [0.15, 0.2) is 0 Å². The number of halogens is 1. The number of carbonyl (C=O) groups excluding carboxylic acids is 1. The van der Waals surface area contributed by atoms with E-state index < -0.39 is 0 Å². The number of urea groups is 1. The number of benzene rings is 1. The van der Waals surface area contributed by atoms with Crippen LogP contribution in [0.5, 0.6) is 0 Å². The first kappa shape index (κ1) is 15.9. The number of hydrogen-bond acceptors (Lipinski definition) is 3. The summed E-state index contributed by atoms with van der Waals surface area (Å²) in [7, 11) is 0. The van der Waals surface area contributed by atoms with Gasteiger partial charge in [-0.3, -0.25) is 0 Å². The van der Waals surface area contributed by atoms with Gasteiger partial charge in [0.05, 0.1) is 16.8 Å². The Morgan fingerprint density at radius 3 is 2.91 bits per heavy atom. The molecule has 23 heavy (non-hydrogen) atoms. The minimum Gasteiger partial charge on any atom is -0.361 e. The van der Waals surface area contributed by atoms with Crippen molar-refractivity contribution in [2.24, 2.45) is 0 Å². The zero-order valence-corrected chi connectivity index (χ0v) is 14.0. The smallest absolute Gasteiger partial charge is 0.322 e. The third-order valence-electron chi connectivity index (χ3n) is 4.09. The third kappa shape index (κ3) is 3.34. The molecule has 1 aliphatic heterocycles. The van der Waals surface area contributed by atoms with Crippen LogP contribution in [0.2, 0.25) is 5.02 Å². The number of anilines is 1. The molecule has 2 aromatic rings. The summed E-state index contributed by atoms with van der Waals surface area (Å²) in [6, 6.07) is 8.97. The fourth-order valence-corrected chi connectivity index (χ4v) is 2.98. The Morgan fingerprint density at radius 1 is 1.43 bits per heavy atom. The van der Waals surface area contributed by atoms with E-state index in [1.165, 1.54) is 0 Å². The normalized spacial score (nSPS) is 17.7. The Balaban J connectivity index is 1.75. The van der Waals surface area contributed by atoms with Crippen molar-refractivity contribution < 1.29 is 9.32 Å². The van der Waals surface area contributed by atoms with E-state index >= 15 is 0 Å².